The molecule has 3 aliphatic heterocycles. The summed E-state index contributed by atoms with van der Waals surface area (Å²) in [6, 6.07) is 14.0. The molecule has 7 atom stereocenters. The number of aryl methyl sites for hydroxylation is 2. The lowest BCUT2D eigenvalue weighted by Crippen LogP contribution is -2.55. The van der Waals surface area contributed by atoms with Gasteiger partial charge in [0.1, 0.15) is 6.04 Å². The van der Waals surface area contributed by atoms with Gasteiger partial charge in [0, 0.05) is 15.8 Å². The molecule has 2 aromatic carbocycles. The number of halogens is 1. The number of benzene rings is 2. The summed E-state index contributed by atoms with van der Waals surface area (Å²) in [5.74, 6) is -2.28. The van der Waals surface area contributed by atoms with Gasteiger partial charge in [-0.1, -0.05) is 58.4 Å². The van der Waals surface area contributed by atoms with Gasteiger partial charge in [0.05, 0.1) is 35.8 Å². The average Bonchev–Trinajstić information content (AvgIpc) is 3.49. The monoisotopic (exact) mass is 600 g/mol. The summed E-state index contributed by atoms with van der Waals surface area (Å²) < 4.78 is 4.62. The molecule has 2 bridgehead atoms. The molecule has 3 saturated heterocycles. The third kappa shape index (κ3) is 4.46. The number of nitrogens with one attached hydrogen (secondary N) is 1. The van der Waals surface area contributed by atoms with Crippen LogP contribution in [0, 0.1) is 25.7 Å². The quantitative estimate of drug-likeness (QED) is 0.353. The molecule has 2 aromatic rings. The molecule has 3 aliphatic rings. The first-order valence-corrected chi connectivity index (χ1v) is 14.8. The number of rotatable bonds is 8. The number of aliphatic hydroxyl groups excluding tert-OH is 1. The zero-order chi connectivity index (χ0) is 27.2. The molecule has 3 heterocycles. The number of anilines is 1. The highest BCUT2D eigenvalue weighted by Crippen LogP contribution is 2.68. The number of carbonyl (C=O) groups excluding carboxylic acids is 3. The first kappa shape index (κ1) is 27.2. The van der Waals surface area contributed by atoms with E-state index in [1.807, 2.05) is 62.4 Å². The molecule has 0 aromatic heterocycles. The van der Waals surface area contributed by atoms with Crippen LogP contribution >= 0.6 is 27.7 Å². The summed E-state index contributed by atoms with van der Waals surface area (Å²) in [4.78, 5) is 43.2. The van der Waals surface area contributed by atoms with Gasteiger partial charge in [0.25, 0.3) is 0 Å². The fourth-order valence-electron chi connectivity index (χ4n) is 6.48. The van der Waals surface area contributed by atoms with E-state index in [4.69, 9.17) is 4.74 Å². The predicted molar refractivity (Wildman–Crippen MR) is 151 cm³/mol. The largest absolute Gasteiger partial charge is 0.466 e. The Bertz CT molecular complexity index is 1240. The standard InChI is InChI=1S/C29H33BrN2O5S/c1-4-37-28(36)22-23-27(35)32(19(15-33)13-18-8-6-5-7-9-18)25(29(23)14-20(30)24(22)38-29)26(34)31-21-12-16(2)10-11-17(21)3/h5-12,19-20,22-25,33H,4,13-15H2,1-3H3,(H,31,34)/t19-,20?,22+,23+,24+,25?,29?/m1/s1. The number of hydrogen-bond acceptors (Lipinski definition) is 6. The zero-order valence-electron chi connectivity index (χ0n) is 21.7. The number of esters is 1. The second-order valence-electron chi connectivity index (χ2n) is 10.5. The van der Waals surface area contributed by atoms with E-state index in [9.17, 15) is 19.5 Å². The van der Waals surface area contributed by atoms with Crippen molar-refractivity contribution in [3.05, 3.63) is 65.2 Å². The Labute approximate surface area is 235 Å². The van der Waals surface area contributed by atoms with Crippen molar-refractivity contribution in [1.82, 2.24) is 4.90 Å². The third-order valence-corrected chi connectivity index (χ3v) is 11.3. The molecule has 7 nitrogen and oxygen atoms in total. The summed E-state index contributed by atoms with van der Waals surface area (Å²) in [6.45, 7) is 5.57. The molecule has 3 fully saturated rings. The minimum absolute atomic E-state index is 0.0383. The number of likely N-dealkylation sites (tertiary alicyclic amines) is 1. The van der Waals surface area contributed by atoms with Crippen molar-refractivity contribution in [3.8, 4) is 0 Å². The number of nitrogens with zero attached hydrogens (tertiary/aromatic N) is 1. The maximum absolute atomic E-state index is 14.3. The molecule has 2 amide bonds. The SMILES string of the molecule is CCOC(=O)[C@H]1[C@H]2C(=O)N([C@@H](CO)Cc3ccccc3)C(C(=O)Nc3cc(C)ccc3C)C23CC(Br)[C@@H]1S3. The van der Waals surface area contributed by atoms with Crippen LogP contribution in [0.15, 0.2) is 48.5 Å². The van der Waals surface area contributed by atoms with Crippen LogP contribution in [0.4, 0.5) is 5.69 Å². The molecule has 2 N–H and O–H groups in total. The molecule has 38 heavy (non-hydrogen) atoms. The van der Waals surface area contributed by atoms with Gasteiger partial charge < -0.3 is 20.1 Å². The molecule has 0 saturated carbocycles. The number of carbonyl (C=O) groups is 3. The zero-order valence-corrected chi connectivity index (χ0v) is 24.1. The van der Waals surface area contributed by atoms with Crippen LogP contribution in [-0.2, 0) is 25.5 Å². The highest BCUT2D eigenvalue weighted by Gasteiger charge is 2.76. The molecule has 0 aliphatic carbocycles. The summed E-state index contributed by atoms with van der Waals surface area (Å²) in [6.07, 6.45) is 0.967. The smallest absolute Gasteiger partial charge is 0.310 e. The average molecular weight is 602 g/mol. The normalized spacial score (nSPS) is 30.3. The van der Waals surface area contributed by atoms with Crippen molar-refractivity contribution in [3.63, 3.8) is 0 Å². The second-order valence-corrected chi connectivity index (χ2v) is 13.2. The van der Waals surface area contributed by atoms with Crippen molar-refractivity contribution in [1.29, 1.82) is 0 Å². The summed E-state index contributed by atoms with van der Waals surface area (Å²) in [5, 5.41) is 13.5. The molecule has 5 rings (SSSR count). The van der Waals surface area contributed by atoms with Crippen LogP contribution in [0.2, 0.25) is 0 Å². The van der Waals surface area contributed by atoms with Gasteiger partial charge in [-0.15, -0.1) is 11.8 Å². The number of fused-ring (bicyclic) bond motifs is 1. The van der Waals surface area contributed by atoms with Gasteiger partial charge in [-0.3, -0.25) is 14.4 Å². The second kappa shape index (κ2) is 10.7. The van der Waals surface area contributed by atoms with E-state index in [0.29, 0.717) is 18.5 Å². The number of amides is 2. The molecule has 3 unspecified atom stereocenters. The van der Waals surface area contributed by atoms with Gasteiger partial charge in [-0.2, -0.15) is 0 Å². The third-order valence-electron chi connectivity index (χ3n) is 8.10. The molecular formula is C29H33BrN2O5S. The maximum atomic E-state index is 14.3. The van der Waals surface area contributed by atoms with E-state index in [-0.39, 0.29) is 35.1 Å². The van der Waals surface area contributed by atoms with Crippen LogP contribution in [0.5, 0.6) is 0 Å². The van der Waals surface area contributed by atoms with Crippen molar-refractivity contribution in [2.75, 3.05) is 18.5 Å². The van der Waals surface area contributed by atoms with Gasteiger partial charge in [-0.25, -0.2) is 0 Å². The predicted octanol–water partition coefficient (Wildman–Crippen LogP) is 3.87. The lowest BCUT2D eigenvalue weighted by atomic mass is 9.71. The Morgan fingerprint density at radius 3 is 2.66 bits per heavy atom. The Balaban J connectivity index is 1.58. The van der Waals surface area contributed by atoms with Crippen molar-refractivity contribution < 1.29 is 24.2 Å². The van der Waals surface area contributed by atoms with Crippen LogP contribution in [0.25, 0.3) is 0 Å². The first-order chi connectivity index (χ1) is 18.2. The highest BCUT2D eigenvalue weighted by molar-refractivity contribution is 9.09. The molecule has 202 valence electrons. The van der Waals surface area contributed by atoms with Crippen LogP contribution < -0.4 is 5.32 Å². The van der Waals surface area contributed by atoms with Crippen LogP contribution in [0.1, 0.15) is 30.0 Å². The van der Waals surface area contributed by atoms with Crippen molar-refractivity contribution in [2.24, 2.45) is 11.8 Å². The van der Waals surface area contributed by atoms with Crippen molar-refractivity contribution in [2.45, 2.75) is 60.5 Å². The molecule has 0 radical (unpaired) electrons. The summed E-state index contributed by atoms with van der Waals surface area (Å²) >= 11 is 5.32. The Hall–Kier alpha value is -2.36. The van der Waals surface area contributed by atoms with E-state index >= 15 is 0 Å². The number of alkyl halides is 1. The lowest BCUT2D eigenvalue weighted by molar-refractivity contribution is -0.154. The van der Waals surface area contributed by atoms with Gasteiger partial charge in [-0.05, 0) is 56.4 Å². The van der Waals surface area contributed by atoms with Gasteiger partial charge in [0.15, 0.2) is 0 Å². The minimum Gasteiger partial charge on any atom is -0.466 e. The lowest BCUT2D eigenvalue weighted by Gasteiger charge is -2.37. The van der Waals surface area contributed by atoms with E-state index in [2.05, 4.69) is 21.2 Å². The Morgan fingerprint density at radius 1 is 1.24 bits per heavy atom. The van der Waals surface area contributed by atoms with Gasteiger partial charge in [0.2, 0.25) is 11.8 Å². The molecular weight excluding hydrogens is 568 g/mol. The van der Waals surface area contributed by atoms with Crippen LogP contribution in [0.3, 0.4) is 0 Å². The maximum Gasteiger partial charge on any atom is 0.310 e. The molecule has 9 heteroatoms. The van der Waals surface area contributed by atoms with Crippen molar-refractivity contribution >= 4 is 51.2 Å². The highest BCUT2D eigenvalue weighted by atomic mass is 79.9. The summed E-state index contributed by atoms with van der Waals surface area (Å²) in [5.41, 5.74) is 3.58. The Morgan fingerprint density at radius 2 is 1.97 bits per heavy atom. The van der Waals surface area contributed by atoms with Gasteiger partial charge >= 0.3 is 5.97 Å². The number of aliphatic hydroxyl groups is 1. The number of hydrogen-bond donors (Lipinski definition) is 2. The number of thioether (sulfide) groups is 1. The van der Waals surface area contributed by atoms with E-state index in [0.717, 1.165) is 16.7 Å². The van der Waals surface area contributed by atoms with Crippen LogP contribution in [-0.4, -0.2) is 67.9 Å². The summed E-state index contributed by atoms with van der Waals surface area (Å²) in [7, 11) is 0. The fourth-order valence-corrected chi connectivity index (χ4v) is 10.1. The minimum atomic E-state index is -0.852. The first-order valence-electron chi connectivity index (χ1n) is 13.1. The number of ether oxygens (including phenoxy) is 1. The molecule has 1 spiro atoms. The topological polar surface area (TPSA) is 95.9 Å². The van der Waals surface area contributed by atoms with E-state index in [1.165, 1.54) is 0 Å². The van der Waals surface area contributed by atoms with E-state index in [1.54, 1.807) is 23.6 Å². The van der Waals surface area contributed by atoms with E-state index < -0.39 is 34.6 Å². The fraction of sp³-hybridized carbons (Fsp3) is 0.483. The Kier molecular flexibility index (Phi) is 7.64.